The molecule has 2 N–H and O–H groups in total. The van der Waals surface area contributed by atoms with E-state index in [0.29, 0.717) is 6.54 Å². The number of nitrogens with one attached hydrogen (secondary N) is 2. The van der Waals surface area contributed by atoms with Crippen molar-refractivity contribution in [3.63, 3.8) is 0 Å². The van der Waals surface area contributed by atoms with Crippen LogP contribution in [0.15, 0.2) is 44.7 Å². The number of hydrogen-bond donors (Lipinski definition) is 2. The molecule has 0 bridgehead atoms. The summed E-state index contributed by atoms with van der Waals surface area (Å²) < 4.78 is 1.96. The summed E-state index contributed by atoms with van der Waals surface area (Å²) in [6.07, 6.45) is 0. The zero-order chi connectivity index (χ0) is 13.7. The van der Waals surface area contributed by atoms with E-state index in [1.165, 1.54) is 4.88 Å². The highest BCUT2D eigenvalue weighted by molar-refractivity contribution is 9.10. The summed E-state index contributed by atoms with van der Waals surface area (Å²) >= 11 is 8.46. The van der Waals surface area contributed by atoms with Gasteiger partial charge in [0.2, 0.25) is 5.91 Å². The minimum Gasteiger partial charge on any atom is -0.324 e. The summed E-state index contributed by atoms with van der Waals surface area (Å²) in [6, 6.07) is 9.59. The lowest BCUT2D eigenvalue weighted by molar-refractivity contribution is -0.115. The third kappa shape index (κ3) is 4.72. The van der Waals surface area contributed by atoms with Crippen molar-refractivity contribution in [2.24, 2.45) is 0 Å². The van der Waals surface area contributed by atoms with Crippen LogP contribution in [0.2, 0.25) is 0 Å². The SMILES string of the molecule is O=C(CNCc1cc(Br)cs1)Nc1ccccc1Br. The maximum Gasteiger partial charge on any atom is 0.238 e. The van der Waals surface area contributed by atoms with E-state index in [4.69, 9.17) is 0 Å². The van der Waals surface area contributed by atoms with Crippen molar-refractivity contribution in [2.45, 2.75) is 6.54 Å². The Morgan fingerprint density at radius 3 is 2.74 bits per heavy atom. The number of anilines is 1. The molecule has 0 unspecified atom stereocenters. The van der Waals surface area contributed by atoms with E-state index >= 15 is 0 Å². The summed E-state index contributed by atoms with van der Waals surface area (Å²) in [4.78, 5) is 13.0. The van der Waals surface area contributed by atoms with E-state index in [2.05, 4.69) is 42.5 Å². The molecule has 0 atom stereocenters. The first-order valence-corrected chi connectivity index (χ1v) is 8.10. The van der Waals surface area contributed by atoms with Crippen LogP contribution in [0.3, 0.4) is 0 Å². The number of carbonyl (C=O) groups excluding carboxylic acids is 1. The molecule has 0 aliphatic rings. The minimum atomic E-state index is -0.0532. The highest BCUT2D eigenvalue weighted by Gasteiger charge is 2.05. The van der Waals surface area contributed by atoms with Crippen molar-refractivity contribution in [3.8, 4) is 0 Å². The average Bonchev–Trinajstić information content (AvgIpc) is 2.78. The van der Waals surface area contributed by atoms with Crippen molar-refractivity contribution in [3.05, 3.63) is 49.5 Å². The number of para-hydroxylation sites is 1. The molecule has 0 fully saturated rings. The summed E-state index contributed by atoms with van der Waals surface area (Å²) in [7, 11) is 0. The fraction of sp³-hybridized carbons (Fsp3) is 0.154. The van der Waals surface area contributed by atoms with Gasteiger partial charge in [-0.25, -0.2) is 0 Å². The van der Waals surface area contributed by atoms with Crippen LogP contribution in [0, 0.1) is 0 Å². The number of hydrogen-bond acceptors (Lipinski definition) is 3. The number of thiophene rings is 1. The summed E-state index contributed by atoms with van der Waals surface area (Å²) in [5.74, 6) is -0.0532. The Bertz CT molecular complexity index is 571. The quantitative estimate of drug-likeness (QED) is 0.791. The van der Waals surface area contributed by atoms with Crippen molar-refractivity contribution >= 4 is 54.8 Å². The van der Waals surface area contributed by atoms with E-state index in [1.54, 1.807) is 11.3 Å². The molecule has 1 aromatic heterocycles. The standard InChI is InChI=1S/C13H12Br2N2OS/c14-9-5-10(19-8-9)6-16-7-13(18)17-12-4-2-1-3-11(12)15/h1-5,8,16H,6-7H2,(H,17,18). The van der Waals surface area contributed by atoms with Gasteiger partial charge in [0.1, 0.15) is 0 Å². The second-order valence-electron chi connectivity index (χ2n) is 3.86. The predicted molar refractivity (Wildman–Crippen MR) is 86.5 cm³/mol. The molecule has 1 heterocycles. The molecule has 2 aromatic rings. The topological polar surface area (TPSA) is 41.1 Å². The Hall–Kier alpha value is -0.690. The molecular formula is C13H12Br2N2OS. The van der Waals surface area contributed by atoms with Gasteiger partial charge in [-0.2, -0.15) is 0 Å². The van der Waals surface area contributed by atoms with Gasteiger partial charge in [0.15, 0.2) is 0 Å². The van der Waals surface area contributed by atoms with Crippen molar-refractivity contribution in [1.82, 2.24) is 5.32 Å². The maximum atomic E-state index is 11.8. The largest absolute Gasteiger partial charge is 0.324 e. The number of carbonyl (C=O) groups is 1. The maximum absolute atomic E-state index is 11.8. The van der Waals surface area contributed by atoms with Gasteiger partial charge in [-0.15, -0.1) is 11.3 Å². The minimum absolute atomic E-state index is 0.0532. The van der Waals surface area contributed by atoms with Crippen LogP contribution in [0.4, 0.5) is 5.69 Å². The van der Waals surface area contributed by atoms with Gasteiger partial charge >= 0.3 is 0 Å². The predicted octanol–water partition coefficient (Wildman–Crippen LogP) is 4.00. The van der Waals surface area contributed by atoms with Gasteiger partial charge in [0, 0.05) is 25.7 Å². The van der Waals surface area contributed by atoms with E-state index < -0.39 is 0 Å². The smallest absolute Gasteiger partial charge is 0.238 e. The molecule has 100 valence electrons. The Kier molecular flexibility index (Phi) is 5.57. The van der Waals surface area contributed by atoms with Gasteiger partial charge < -0.3 is 10.6 Å². The molecule has 6 heteroatoms. The average molecular weight is 404 g/mol. The molecule has 3 nitrogen and oxygen atoms in total. The fourth-order valence-electron chi connectivity index (χ4n) is 1.50. The van der Waals surface area contributed by atoms with E-state index in [-0.39, 0.29) is 12.5 Å². The molecule has 2 rings (SSSR count). The highest BCUT2D eigenvalue weighted by atomic mass is 79.9. The van der Waals surface area contributed by atoms with Crippen molar-refractivity contribution < 1.29 is 4.79 Å². The van der Waals surface area contributed by atoms with E-state index in [0.717, 1.165) is 14.6 Å². The van der Waals surface area contributed by atoms with E-state index in [9.17, 15) is 4.79 Å². The summed E-state index contributed by atoms with van der Waals surface area (Å²) in [5, 5.41) is 7.99. The monoisotopic (exact) mass is 402 g/mol. The van der Waals surface area contributed by atoms with Gasteiger partial charge in [-0.05, 0) is 50.1 Å². The first kappa shape index (κ1) is 14.7. The molecular weight excluding hydrogens is 392 g/mol. The number of benzene rings is 1. The zero-order valence-corrected chi connectivity index (χ0v) is 13.9. The molecule has 0 saturated heterocycles. The molecule has 0 saturated carbocycles. The van der Waals surface area contributed by atoms with Crippen LogP contribution in [0.1, 0.15) is 4.88 Å². The Balaban J connectivity index is 1.77. The molecule has 0 aliphatic carbocycles. The van der Waals surface area contributed by atoms with Crippen LogP contribution in [-0.4, -0.2) is 12.5 Å². The molecule has 1 aromatic carbocycles. The molecule has 0 aliphatic heterocycles. The van der Waals surface area contributed by atoms with Gasteiger partial charge in [0.05, 0.1) is 12.2 Å². The summed E-state index contributed by atoms with van der Waals surface area (Å²) in [6.45, 7) is 0.983. The number of amides is 1. The first-order valence-electron chi connectivity index (χ1n) is 5.63. The lowest BCUT2D eigenvalue weighted by Gasteiger charge is -2.07. The van der Waals surface area contributed by atoms with Gasteiger partial charge in [-0.1, -0.05) is 12.1 Å². The zero-order valence-electron chi connectivity index (χ0n) is 9.95. The van der Waals surface area contributed by atoms with Crippen LogP contribution in [0.5, 0.6) is 0 Å². The van der Waals surface area contributed by atoms with Crippen LogP contribution >= 0.6 is 43.2 Å². The van der Waals surface area contributed by atoms with Gasteiger partial charge in [-0.3, -0.25) is 4.79 Å². The lowest BCUT2D eigenvalue weighted by Crippen LogP contribution is -2.27. The first-order chi connectivity index (χ1) is 9.15. The highest BCUT2D eigenvalue weighted by Crippen LogP contribution is 2.21. The van der Waals surface area contributed by atoms with Crippen molar-refractivity contribution in [1.29, 1.82) is 0 Å². The number of rotatable bonds is 5. The second kappa shape index (κ2) is 7.19. The molecule has 0 radical (unpaired) electrons. The second-order valence-corrected chi connectivity index (χ2v) is 6.63. The molecule has 19 heavy (non-hydrogen) atoms. The Labute approximate surface area is 132 Å². The van der Waals surface area contributed by atoms with Crippen LogP contribution in [0.25, 0.3) is 0 Å². The Morgan fingerprint density at radius 1 is 1.26 bits per heavy atom. The normalized spacial score (nSPS) is 10.4. The fourth-order valence-corrected chi connectivity index (χ4v) is 3.31. The van der Waals surface area contributed by atoms with Crippen LogP contribution < -0.4 is 10.6 Å². The van der Waals surface area contributed by atoms with E-state index in [1.807, 2.05) is 35.7 Å². The third-order valence-electron chi connectivity index (χ3n) is 2.35. The number of halogens is 2. The van der Waals surface area contributed by atoms with Crippen molar-refractivity contribution in [2.75, 3.05) is 11.9 Å². The molecule has 0 spiro atoms. The van der Waals surface area contributed by atoms with Crippen LogP contribution in [-0.2, 0) is 11.3 Å². The molecule has 1 amide bonds. The third-order valence-corrected chi connectivity index (χ3v) is 4.74. The lowest BCUT2D eigenvalue weighted by atomic mass is 10.3. The van der Waals surface area contributed by atoms with Gasteiger partial charge in [0.25, 0.3) is 0 Å². The summed E-state index contributed by atoms with van der Waals surface area (Å²) in [5.41, 5.74) is 0.785. The Morgan fingerprint density at radius 2 is 2.05 bits per heavy atom.